The van der Waals surface area contributed by atoms with E-state index in [0.29, 0.717) is 12.5 Å². The van der Waals surface area contributed by atoms with Gasteiger partial charge in [0.25, 0.3) is 0 Å². The zero-order valence-electron chi connectivity index (χ0n) is 14.4. The van der Waals surface area contributed by atoms with Gasteiger partial charge in [-0.15, -0.1) is 0 Å². The molecule has 1 aromatic carbocycles. The zero-order valence-corrected chi connectivity index (χ0v) is 14.4. The molecule has 0 heterocycles. The first-order chi connectivity index (χ1) is 10.4. The smallest absolute Gasteiger partial charge is 0.233 e. The van der Waals surface area contributed by atoms with Crippen LogP contribution in [-0.2, 0) is 9.59 Å². The predicted molar refractivity (Wildman–Crippen MR) is 91.1 cm³/mol. The molecule has 2 amide bonds. The predicted octanol–water partition coefficient (Wildman–Crippen LogP) is 3.71. The second-order valence-electron chi connectivity index (χ2n) is 6.09. The third-order valence-corrected chi connectivity index (χ3v) is 3.78. The van der Waals surface area contributed by atoms with E-state index in [2.05, 4.69) is 26.1 Å². The van der Waals surface area contributed by atoms with Gasteiger partial charge >= 0.3 is 0 Å². The Balaban J connectivity index is 2.72. The highest BCUT2D eigenvalue weighted by atomic mass is 16.2. The van der Waals surface area contributed by atoms with Crippen molar-refractivity contribution < 1.29 is 9.59 Å². The van der Waals surface area contributed by atoms with E-state index < -0.39 is 0 Å². The summed E-state index contributed by atoms with van der Waals surface area (Å²) in [6.07, 6.45) is 1.88. The highest BCUT2D eigenvalue weighted by Crippen LogP contribution is 2.27. The van der Waals surface area contributed by atoms with Crippen molar-refractivity contribution in [3.63, 3.8) is 0 Å². The van der Waals surface area contributed by atoms with Gasteiger partial charge in [-0.25, -0.2) is 0 Å². The number of carbonyl (C=O) groups is 2. The van der Waals surface area contributed by atoms with Gasteiger partial charge < -0.3 is 10.2 Å². The molecule has 0 aromatic heterocycles. The van der Waals surface area contributed by atoms with Crippen LogP contribution in [0.15, 0.2) is 18.2 Å². The second kappa shape index (κ2) is 8.57. The third-order valence-electron chi connectivity index (χ3n) is 3.78. The van der Waals surface area contributed by atoms with Crippen molar-refractivity contribution in [2.75, 3.05) is 18.9 Å². The molecule has 122 valence electrons. The molecule has 1 rings (SSSR count). The van der Waals surface area contributed by atoms with Crippen LogP contribution < -0.4 is 5.32 Å². The van der Waals surface area contributed by atoms with Crippen LogP contribution in [0.1, 0.15) is 57.1 Å². The molecule has 0 aliphatic carbocycles. The molecule has 0 fully saturated rings. The number of aryl methyl sites for hydroxylation is 1. The zero-order chi connectivity index (χ0) is 16.7. The summed E-state index contributed by atoms with van der Waals surface area (Å²) in [5, 5.41) is 2.92. The summed E-state index contributed by atoms with van der Waals surface area (Å²) >= 11 is 0. The van der Waals surface area contributed by atoms with E-state index in [1.807, 2.05) is 25.1 Å². The van der Waals surface area contributed by atoms with Crippen molar-refractivity contribution in [2.24, 2.45) is 0 Å². The molecule has 0 unspecified atom stereocenters. The molecule has 0 bridgehead atoms. The number of anilines is 1. The largest absolute Gasteiger partial charge is 0.345 e. The minimum Gasteiger partial charge on any atom is -0.345 e. The van der Waals surface area contributed by atoms with Gasteiger partial charge in [-0.3, -0.25) is 9.59 Å². The molecule has 1 N–H and O–H groups in total. The fourth-order valence-electron chi connectivity index (χ4n) is 2.32. The monoisotopic (exact) mass is 304 g/mol. The maximum absolute atomic E-state index is 12.2. The van der Waals surface area contributed by atoms with E-state index in [1.54, 1.807) is 11.9 Å². The van der Waals surface area contributed by atoms with Gasteiger partial charge in [-0.05, 0) is 30.4 Å². The van der Waals surface area contributed by atoms with Gasteiger partial charge in [-0.2, -0.15) is 0 Å². The topological polar surface area (TPSA) is 49.4 Å². The van der Waals surface area contributed by atoms with Crippen LogP contribution in [0.3, 0.4) is 0 Å². The van der Waals surface area contributed by atoms with E-state index in [1.165, 1.54) is 0 Å². The van der Waals surface area contributed by atoms with Gasteiger partial charge in [0.15, 0.2) is 0 Å². The lowest BCUT2D eigenvalue weighted by Crippen LogP contribution is -2.31. The standard InChI is InChI=1S/C18H28N2O2/c1-6-7-11-20(5)17(22)12-16(21)19-18-14(4)9-8-10-15(18)13(2)3/h8-10,13H,6-7,11-12H2,1-5H3,(H,19,21). The van der Waals surface area contributed by atoms with Crippen LogP contribution in [0.4, 0.5) is 5.69 Å². The molecular formula is C18H28N2O2. The maximum Gasteiger partial charge on any atom is 0.233 e. The van der Waals surface area contributed by atoms with E-state index >= 15 is 0 Å². The second-order valence-corrected chi connectivity index (χ2v) is 6.09. The van der Waals surface area contributed by atoms with E-state index in [-0.39, 0.29) is 18.2 Å². The van der Waals surface area contributed by atoms with Crippen LogP contribution in [0, 0.1) is 6.92 Å². The molecule has 1 aromatic rings. The first-order valence-electron chi connectivity index (χ1n) is 8.00. The van der Waals surface area contributed by atoms with Crippen molar-refractivity contribution >= 4 is 17.5 Å². The number of benzene rings is 1. The van der Waals surface area contributed by atoms with Gasteiger partial charge in [-0.1, -0.05) is 45.4 Å². The average molecular weight is 304 g/mol. The summed E-state index contributed by atoms with van der Waals surface area (Å²) < 4.78 is 0. The molecule has 4 heteroatoms. The lowest BCUT2D eigenvalue weighted by atomic mass is 9.98. The number of hydrogen-bond acceptors (Lipinski definition) is 2. The minimum atomic E-state index is -0.246. The fraction of sp³-hybridized carbons (Fsp3) is 0.556. The van der Waals surface area contributed by atoms with Crippen molar-refractivity contribution in [3.8, 4) is 0 Å². The Hall–Kier alpha value is -1.84. The van der Waals surface area contributed by atoms with Crippen LogP contribution in [0.25, 0.3) is 0 Å². The lowest BCUT2D eigenvalue weighted by Gasteiger charge is -2.18. The van der Waals surface area contributed by atoms with Crippen molar-refractivity contribution in [1.82, 2.24) is 4.90 Å². The molecule has 22 heavy (non-hydrogen) atoms. The summed E-state index contributed by atoms with van der Waals surface area (Å²) in [7, 11) is 1.75. The molecule has 0 saturated carbocycles. The number of para-hydroxylation sites is 1. The molecule has 4 nitrogen and oxygen atoms in total. The maximum atomic E-state index is 12.2. The number of nitrogens with one attached hydrogen (secondary N) is 1. The number of unbranched alkanes of at least 4 members (excludes halogenated alkanes) is 1. The van der Waals surface area contributed by atoms with Crippen LogP contribution in [-0.4, -0.2) is 30.3 Å². The van der Waals surface area contributed by atoms with E-state index in [0.717, 1.165) is 29.7 Å². The molecule has 0 saturated heterocycles. The fourth-order valence-corrected chi connectivity index (χ4v) is 2.32. The van der Waals surface area contributed by atoms with Gasteiger partial charge in [0, 0.05) is 19.3 Å². The number of carbonyl (C=O) groups excluding carboxylic acids is 2. The first kappa shape index (κ1) is 18.2. The normalized spacial score (nSPS) is 10.6. The van der Waals surface area contributed by atoms with Crippen molar-refractivity contribution in [3.05, 3.63) is 29.3 Å². The van der Waals surface area contributed by atoms with Gasteiger partial charge in [0.1, 0.15) is 6.42 Å². The molecular weight excluding hydrogens is 276 g/mol. The van der Waals surface area contributed by atoms with Crippen LogP contribution in [0.5, 0.6) is 0 Å². The van der Waals surface area contributed by atoms with Crippen LogP contribution in [0.2, 0.25) is 0 Å². The number of hydrogen-bond donors (Lipinski definition) is 1. The summed E-state index contributed by atoms with van der Waals surface area (Å²) in [6, 6.07) is 5.98. The van der Waals surface area contributed by atoms with E-state index in [4.69, 9.17) is 0 Å². The van der Waals surface area contributed by atoms with Crippen molar-refractivity contribution in [1.29, 1.82) is 0 Å². The third kappa shape index (κ3) is 5.17. The Bertz CT molecular complexity index is 524. The Labute approximate surface area is 133 Å². The molecule has 0 aliphatic rings. The van der Waals surface area contributed by atoms with Gasteiger partial charge in [0.2, 0.25) is 11.8 Å². The van der Waals surface area contributed by atoms with E-state index in [9.17, 15) is 9.59 Å². The molecule has 0 aliphatic heterocycles. The molecule has 0 radical (unpaired) electrons. The summed E-state index contributed by atoms with van der Waals surface area (Å²) in [5.74, 6) is -0.0618. The first-order valence-corrected chi connectivity index (χ1v) is 8.00. The summed E-state index contributed by atoms with van der Waals surface area (Å²) in [5.41, 5.74) is 2.96. The summed E-state index contributed by atoms with van der Waals surface area (Å²) in [4.78, 5) is 25.8. The Morgan fingerprint density at radius 3 is 2.55 bits per heavy atom. The van der Waals surface area contributed by atoms with Crippen molar-refractivity contribution in [2.45, 2.75) is 52.9 Å². The minimum absolute atomic E-state index is 0.105. The van der Waals surface area contributed by atoms with Gasteiger partial charge in [0.05, 0.1) is 0 Å². The number of amides is 2. The Morgan fingerprint density at radius 1 is 1.27 bits per heavy atom. The summed E-state index contributed by atoms with van der Waals surface area (Å²) in [6.45, 7) is 8.93. The molecule has 0 atom stereocenters. The Kier molecular flexibility index (Phi) is 7.09. The SMILES string of the molecule is CCCCN(C)C(=O)CC(=O)Nc1c(C)cccc1C(C)C. The quantitative estimate of drug-likeness (QED) is 0.781. The lowest BCUT2D eigenvalue weighted by molar-refractivity contribution is -0.133. The number of nitrogens with zero attached hydrogens (tertiary/aromatic N) is 1. The molecule has 0 spiro atoms. The van der Waals surface area contributed by atoms with Crippen LogP contribution >= 0.6 is 0 Å². The number of rotatable bonds is 7. The highest BCUT2D eigenvalue weighted by Gasteiger charge is 2.16. The Morgan fingerprint density at radius 2 is 1.95 bits per heavy atom. The average Bonchev–Trinajstić information content (AvgIpc) is 2.46. The highest BCUT2D eigenvalue weighted by molar-refractivity contribution is 6.04.